The minimum Gasteiger partial charge on any atom is -0.497 e. The van der Waals surface area contributed by atoms with Crippen molar-refractivity contribution >= 4 is 5.91 Å². The van der Waals surface area contributed by atoms with Crippen molar-refractivity contribution < 1.29 is 19.0 Å². The smallest absolute Gasteiger partial charge is 0.230 e. The Kier molecular flexibility index (Phi) is 4.25. The number of nitrogens with zero attached hydrogens (tertiary/aromatic N) is 1. The lowest BCUT2D eigenvalue weighted by molar-refractivity contribution is -0.150. The molecule has 3 rings (SSSR count). The van der Waals surface area contributed by atoms with Crippen molar-refractivity contribution in [2.45, 2.75) is 32.4 Å². The normalized spacial score (nSPS) is 27.8. The molecule has 2 heterocycles. The standard InChI is InChI=1S/C17H23NO4/c1-11-8-21-9-12(2)18(11)17(19)14-6-13-4-5-15(20-3)7-16(13)22-10-14/h4-5,7,11-12,14H,6,8-10H2,1-3H3. The third kappa shape index (κ3) is 2.77. The summed E-state index contributed by atoms with van der Waals surface area (Å²) in [5, 5.41) is 0. The van der Waals surface area contributed by atoms with Gasteiger partial charge in [0.15, 0.2) is 0 Å². The summed E-state index contributed by atoms with van der Waals surface area (Å²) in [5.74, 6) is 1.65. The van der Waals surface area contributed by atoms with Gasteiger partial charge in [-0.15, -0.1) is 0 Å². The zero-order valence-electron chi connectivity index (χ0n) is 13.4. The summed E-state index contributed by atoms with van der Waals surface area (Å²) >= 11 is 0. The van der Waals surface area contributed by atoms with E-state index < -0.39 is 0 Å². The lowest BCUT2D eigenvalue weighted by Crippen LogP contribution is -2.55. The summed E-state index contributed by atoms with van der Waals surface area (Å²) in [5.41, 5.74) is 1.07. The van der Waals surface area contributed by atoms with E-state index in [4.69, 9.17) is 14.2 Å². The predicted molar refractivity (Wildman–Crippen MR) is 82.3 cm³/mol. The van der Waals surface area contributed by atoms with Crippen molar-refractivity contribution in [2.75, 3.05) is 26.9 Å². The zero-order chi connectivity index (χ0) is 15.7. The molecule has 0 bridgehead atoms. The highest BCUT2D eigenvalue weighted by Gasteiger charge is 2.36. The van der Waals surface area contributed by atoms with E-state index in [2.05, 4.69) is 0 Å². The van der Waals surface area contributed by atoms with Gasteiger partial charge in [0.25, 0.3) is 0 Å². The van der Waals surface area contributed by atoms with Gasteiger partial charge < -0.3 is 19.1 Å². The van der Waals surface area contributed by atoms with Crippen molar-refractivity contribution in [1.82, 2.24) is 4.90 Å². The topological polar surface area (TPSA) is 48.0 Å². The molecule has 1 aromatic carbocycles. The van der Waals surface area contributed by atoms with Crippen LogP contribution in [0.3, 0.4) is 0 Å². The summed E-state index contributed by atoms with van der Waals surface area (Å²) in [4.78, 5) is 14.8. The maximum Gasteiger partial charge on any atom is 0.230 e. The van der Waals surface area contributed by atoms with Gasteiger partial charge >= 0.3 is 0 Å². The number of rotatable bonds is 2. The van der Waals surface area contributed by atoms with Crippen LogP contribution in [0.2, 0.25) is 0 Å². The third-order valence-corrected chi connectivity index (χ3v) is 4.45. The average molecular weight is 305 g/mol. The lowest BCUT2D eigenvalue weighted by atomic mass is 9.94. The summed E-state index contributed by atoms with van der Waals surface area (Å²) < 4.78 is 16.5. The third-order valence-electron chi connectivity index (χ3n) is 4.45. The summed E-state index contributed by atoms with van der Waals surface area (Å²) in [6.45, 7) is 5.72. The van der Waals surface area contributed by atoms with E-state index in [1.807, 2.05) is 36.9 Å². The van der Waals surface area contributed by atoms with E-state index in [-0.39, 0.29) is 23.9 Å². The quantitative estimate of drug-likeness (QED) is 0.837. The van der Waals surface area contributed by atoms with E-state index in [9.17, 15) is 4.79 Å². The summed E-state index contributed by atoms with van der Waals surface area (Å²) in [6.07, 6.45) is 0.717. The van der Waals surface area contributed by atoms with Gasteiger partial charge in [-0.3, -0.25) is 4.79 Å². The second kappa shape index (κ2) is 6.16. The average Bonchev–Trinajstić information content (AvgIpc) is 2.53. The molecule has 5 heteroatoms. The molecule has 0 aromatic heterocycles. The molecule has 0 aliphatic carbocycles. The Balaban J connectivity index is 1.75. The van der Waals surface area contributed by atoms with Crippen molar-refractivity contribution in [1.29, 1.82) is 0 Å². The van der Waals surface area contributed by atoms with E-state index >= 15 is 0 Å². The fourth-order valence-corrected chi connectivity index (χ4v) is 3.29. The van der Waals surface area contributed by atoms with Crippen molar-refractivity contribution in [3.8, 4) is 11.5 Å². The Morgan fingerprint density at radius 2 is 1.95 bits per heavy atom. The maximum absolute atomic E-state index is 12.9. The van der Waals surface area contributed by atoms with Crippen LogP contribution in [0.1, 0.15) is 19.4 Å². The highest BCUT2D eigenvalue weighted by atomic mass is 16.5. The number of carbonyl (C=O) groups is 1. The van der Waals surface area contributed by atoms with Gasteiger partial charge in [-0.25, -0.2) is 0 Å². The number of fused-ring (bicyclic) bond motifs is 1. The van der Waals surface area contributed by atoms with Crippen molar-refractivity contribution in [3.63, 3.8) is 0 Å². The van der Waals surface area contributed by atoms with Crippen LogP contribution in [0.4, 0.5) is 0 Å². The van der Waals surface area contributed by atoms with Crippen LogP contribution in [0.15, 0.2) is 18.2 Å². The molecule has 0 N–H and O–H groups in total. The molecule has 3 atom stereocenters. The van der Waals surface area contributed by atoms with E-state index in [0.717, 1.165) is 23.5 Å². The minimum absolute atomic E-state index is 0.119. The fraction of sp³-hybridized carbons (Fsp3) is 0.588. The molecule has 0 spiro atoms. The van der Waals surface area contributed by atoms with Crippen molar-refractivity contribution in [2.24, 2.45) is 5.92 Å². The van der Waals surface area contributed by atoms with Crippen LogP contribution in [-0.2, 0) is 16.0 Å². The van der Waals surface area contributed by atoms with Crippen LogP contribution >= 0.6 is 0 Å². The molecular formula is C17H23NO4. The molecule has 1 amide bonds. The van der Waals surface area contributed by atoms with Gasteiger partial charge in [0.2, 0.25) is 5.91 Å². The maximum atomic E-state index is 12.9. The van der Waals surface area contributed by atoms with Gasteiger partial charge in [0, 0.05) is 6.07 Å². The number of methoxy groups -OCH3 is 1. The zero-order valence-corrected chi connectivity index (χ0v) is 13.4. The Labute approximate surface area is 131 Å². The number of hydrogen-bond donors (Lipinski definition) is 0. The SMILES string of the molecule is COc1ccc2c(c1)OCC(C(=O)N1C(C)COCC1C)C2. The van der Waals surface area contributed by atoms with E-state index in [1.165, 1.54) is 0 Å². The van der Waals surface area contributed by atoms with Gasteiger partial charge in [-0.1, -0.05) is 6.07 Å². The molecule has 5 nitrogen and oxygen atoms in total. The molecule has 120 valence electrons. The van der Waals surface area contributed by atoms with Gasteiger partial charge in [0.1, 0.15) is 18.1 Å². The second-order valence-corrected chi connectivity index (χ2v) is 6.17. The summed E-state index contributed by atoms with van der Waals surface area (Å²) in [6, 6.07) is 6.02. The molecule has 0 radical (unpaired) electrons. The largest absolute Gasteiger partial charge is 0.497 e. The molecule has 1 fully saturated rings. The molecule has 22 heavy (non-hydrogen) atoms. The monoisotopic (exact) mass is 305 g/mol. The van der Waals surface area contributed by atoms with Gasteiger partial charge in [-0.2, -0.15) is 0 Å². The number of ether oxygens (including phenoxy) is 3. The van der Waals surface area contributed by atoms with Crippen molar-refractivity contribution in [3.05, 3.63) is 23.8 Å². The van der Waals surface area contributed by atoms with E-state index in [0.29, 0.717) is 19.8 Å². The van der Waals surface area contributed by atoms with Crippen LogP contribution in [0.25, 0.3) is 0 Å². The first kappa shape index (κ1) is 15.2. The van der Waals surface area contributed by atoms with Crippen LogP contribution in [-0.4, -0.2) is 49.8 Å². The molecule has 1 saturated heterocycles. The van der Waals surface area contributed by atoms with Crippen LogP contribution in [0.5, 0.6) is 11.5 Å². The predicted octanol–water partition coefficient (Wildman–Crippen LogP) is 1.88. The highest BCUT2D eigenvalue weighted by Crippen LogP contribution is 2.32. The van der Waals surface area contributed by atoms with Gasteiger partial charge in [0.05, 0.1) is 38.3 Å². The first-order valence-corrected chi connectivity index (χ1v) is 7.79. The number of carbonyl (C=O) groups excluding carboxylic acids is 1. The molecule has 0 saturated carbocycles. The Hall–Kier alpha value is -1.75. The number of hydrogen-bond acceptors (Lipinski definition) is 4. The molecule has 2 aliphatic rings. The Bertz CT molecular complexity index is 550. The second-order valence-electron chi connectivity index (χ2n) is 6.17. The van der Waals surface area contributed by atoms with Gasteiger partial charge in [-0.05, 0) is 31.9 Å². The number of amides is 1. The Morgan fingerprint density at radius 1 is 1.23 bits per heavy atom. The Morgan fingerprint density at radius 3 is 2.64 bits per heavy atom. The summed E-state index contributed by atoms with van der Waals surface area (Å²) in [7, 11) is 1.64. The molecule has 1 aromatic rings. The highest BCUT2D eigenvalue weighted by molar-refractivity contribution is 5.80. The first-order chi connectivity index (χ1) is 10.6. The molecule has 3 unspecified atom stereocenters. The fourth-order valence-electron chi connectivity index (χ4n) is 3.29. The van der Waals surface area contributed by atoms with E-state index in [1.54, 1.807) is 7.11 Å². The minimum atomic E-state index is -0.121. The lowest BCUT2D eigenvalue weighted by Gasteiger charge is -2.41. The molecular weight excluding hydrogens is 282 g/mol. The van der Waals surface area contributed by atoms with Crippen LogP contribution in [0, 0.1) is 5.92 Å². The number of morpholine rings is 1. The number of benzene rings is 1. The molecule has 2 aliphatic heterocycles. The van der Waals surface area contributed by atoms with Crippen LogP contribution < -0.4 is 9.47 Å². The first-order valence-electron chi connectivity index (χ1n) is 7.79.